The van der Waals surface area contributed by atoms with Gasteiger partial charge in [0.15, 0.2) is 0 Å². The number of rotatable bonds is 4. The van der Waals surface area contributed by atoms with Crippen LogP contribution in [-0.4, -0.2) is 17.4 Å². The molecule has 1 aliphatic rings. The number of nitrogens with zero attached hydrogens (tertiary/aromatic N) is 1. The first-order valence-electron chi connectivity index (χ1n) is 5.18. The van der Waals surface area contributed by atoms with E-state index in [1.165, 1.54) is 0 Å². The van der Waals surface area contributed by atoms with Crippen LogP contribution in [0, 0.1) is 10.1 Å². The summed E-state index contributed by atoms with van der Waals surface area (Å²) in [5, 5.41) is 12.9. The molecule has 1 N–H and O–H groups in total. The van der Waals surface area contributed by atoms with Gasteiger partial charge in [0.2, 0.25) is 12.5 Å². The highest BCUT2D eigenvalue weighted by Gasteiger charge is 2.17. The minimum absolute atomic E-state index is 0.00569. The van der Waals surface area contributed by atoms with Crippen LogP contribution in [-0.2, 0) is 17.6 Å². The Balaban J connectivity index is 1.99. The molecule has 16 heavy (non-hydrogen) atoms. The van der Waals surface area contributed by atoms with E-state index in [2.05, 4.69) is 5.32 Å². The van der Waals surface area contributed by atoms with E-state index in [0.717, 1.165) is 16.8 Å². The van der Waals surface area contributed by atoms with Gasteiger partial charge in [-0.3, -0.25) is 14.9 Å². The summed E-state index contributed by atoms with van der Waals surface area (Å²) in [7, 11) is 0. The van der Waals surface area contributed by atoms with Gasteiger partial charge in [-0.1, -0.05) is 12.1 Å². The van der Waals surface area contributed by atoms with Crippen molar-refractivity contribution in [1.29, 1.82) is 0 Å². The van der Waals surface area contributed by atoms with Crippen LogP contribution in [0.2, 0.25) is 0 Å². The predicted octanol–water partition coefficient (Wildman–Crippen LogP) is 1.39. The highest BCUT2D eigenvalue weighted by Crippen LogP contribution is 2.24. The number of hydrogen-bond acceptors (Lipinski definition) is 3. The summed E-state index contributed by atoms with van der Waals surface area (Å²) in [4.78, 5) is 21.0. The van der Waals surface area contributed by atoms with Crippen LogP contribution >= 0.6 is 0 Å². The van der Waals surface area contributed by atoms with Crippen molar-refractivity contribution in [3.8, 4) is 0 Å². The number of anilines is 1. The number of aryl methyl sites for hydroxylation is 1. The van der Waals surface area contributed by atoms with Gasteiger partial charge in [0, 0.05) is 17.0 Å². The first kappa shape index (κ1) is 10.6. The molecular formula is C11H12N2O3. The molecule has 0 saturated heterocycles. The smallest absolute Gasteiger partial charge is 0.228 e. The van der Waals surface area contributed by atoms with Crippen molar-refractivity contribution in [2.24, 2.45) is 0 Å². The van der Waals surface area contributed by atoms with Crippen molar-refractivity contribution in [2.75, 3.05) is 11.9 Å². The summed E-state index contributed by atoms with van der Waals surface area (Å²) in [5.74, 6) is 0.0115. The number of fused-ring (bicyclic) bond motifs is 1. The molecule has 0 bridgehead atoms. The maximum absolute atomic E-state index is 11.1. The fraction of sp³-hybridized carbons (Fsp3) is 0.364. The Kier molecular flexibility index (Phi) is 2.85. The van der Waals surface area contributed by atoms with Crippen molar-refractivity contribution in [2.45, 2.75) is 19.3 Å². The normalized spacial score (nSPS) is 13.4. The zero-order valence-electron chi connectivity index (χ0n) is 8.73. The number of nitrogens with one attached hydrogen (secondary N) is 1. The van der Waals surface area contributed by atoms with Crippen LogP contribution in [0.25, 0.3) is 0 Å². The van der Waals surface area contributed by atoms with Gasteiger partial charge in [-0.05, 0) is 23.6 Å². The number of hydrogen-bond donors (Lipinski definition) is 1. The third-order valence-electron chi connectivity index (χ3n) is 2.60. The van der Waals surface area contributed by atoms with E-state index >= 15 is 0 Å². The van der Waals surface area contributed by atoms with Crippen LogP contribution in [0.3, 0.4) is 0 Å². The molecule has 5 heteroatoms. The van der Waals surface area contributed by atoms with Crippen LogP contribution < -0.4 is 5.32 Å². The second-order valence-corrected chi connectivity index (χ2v) is 3.88. The van der Waals surface area contributed by atoms with Gasteiger partial charge in [-0.25, -0.2) is 0 Å². The number of benzene rings is 1. The van der Waals surface area contributed by atoms with E-state index in [4.69, 9.17) is 0 Å². The zero-order valence-corrected chi connectivity index (χ0v) is 8.73. The molecule has 1 aliphatic heterocycles. The van der Waals surface area contributed by atoms with E-state index in [1.807, 2.05) is 18.2 Å². The second-order valence-electron chi connectivity index (χ2n) is 3.88. The number of carbonyl (C=O) groups excluding carboxylic acids is 1. The third kappa shape index (κ3) is 2.36. The molecule has 0 unspecified atom stereocenters. The Bertz CT molecular complexity index is 443. The van der Waals surface area contributed by atoms with E-state index in [0.29, 0.717) is 19.3 Å². The molecule has 2 rings (SSSR count). The van der Waals surface area contributed by atoms with Crippen molar-refractivity contribution in [1.82, 2.24) is 0 Å². The van der Waals surface area contributed by atoms with Gasteiger partial charge in [-0.15, -0.1) is 0 Å². The second kappa shape index (κ2) is 4.30. The molecular weight excluding hydrogens is 208 g/mol. The van der Waals surface area contributed by atoms with Gasteiger partial charge < -0.3 is 5.32 Å². The van der Waals surface area contributed by atoms with Gasteiger partial charge in [0.1, 0.15) is 0 Å². The minimum atomic E-state index is -0.307. The van der Waals surface area contributed by atoms with Crippen LogP contribution in [0.5, 0.6) is 0 Å². The zero-order chi connectivity index (χ0) is 11.5. The Morgan fingerprint density at radius 2 is 2.25 bits per heavy atom. The van der Waals surface area contributed by atoms with E-state index in [1.54, 1.807) is 0 Å². The molecule has 0 radical (unpaired) electrons. The first-order chi connectivity index (χ1) is 7.65. The molecule has 0 saturated carbocycles. The number of nitro groups is 1. The summed E-state index contributed by atoms with van der Waals surface area (Å²) >= 11 is 0. The Morgan fingerprint density at radius 1 is 1.44 bits per heavy atom. The van der Waals surface area contributed by atoms with Crippen molar-refractivity contribution in [3.05, 3.63) is 39.4 Å². The molecule has 84 valence electrons. The monoisotopic (exact) mass is 220 g/mol. The molecule has 5 nitrogen and oxygen atoms in total. The average molecular weight is 220 g/mol. The van der Waals surface area contributed by atoms with Crippen LogP contribution in [0.4, 0.5) is 5.69 Å². The molecule has 0 aromatic heterocycles. The Labute approximate surface area is 92.6 Å². The highest BCUT2D eigenvalue weighted by molar-refractivity contribution is 5.99. The van der Waals surface area contributed by atoms with Crippen LogP contribution in [0.15, 0.2) is 18.2 Å². The molecule has 1 heterocycles. The summed E-state index contributed by atoms with van der Waals surface area (Å²) in [5.41, 5.74) is 2.91. The maximum atomic E-state index is 11.1. The van der Waals surface area contributed by atoms with Crippen molar-refractivity contribution >= 4 is 11.6 Å². The lowest BCUT2D eigenvalue weighted by Crippen LogP contribution is -2.03. The predicted molar refractivity (Wildman–Crippen MR) is 59.0 cm³/mol. The van der Waals surface area contributed by atoms with Gasteiger partial charge in [0.05, 0.1) is 6.42 Å². The lowest BCUT2D eigenvalue weighted by atomic mass is 10.0. The molecule has 1 aromatic rings. The van der Waals surface area contributed by atoms with Crippen LogP contribution in [0.1, 0.15) is 17.5 Å². The van der Waals surface area contributed by atoms with E-state index in [9.17, 15) is 14.9 Å². The molecule has 0 aliphatic carbocycles. The Hall–Kier alpha value is -1.91. The summed E-state index contributed by atoms with van der Waals surface area (Å²) in [6.45, 7) is -0.00569. The standard InChI is InChI=1S/C11H12N2O3/c14-11-7-9-6-8(2-1-5-13(15)16)3-4-10(9)12-11/h3-4,6H,1-2,5,7H2,(H,12,14). The minimum Gasteiger partial charge on any atom is -0.326 e. The molecule has 1 aromatic carbocycles. The quantitative estimate of drug-likeness (QED) is 0.615. The highest BCUT2D eigenvalue weighted by atomic mass is 16.6. The number of carbonyl (C=O) groups is 1. The maximum Gasteiger partial charge on any atom is 0.228 e. The third-order valence-corrected chi connectivity index (χ3v) is 2.60. The fourth-order valence-corrected chi connectivity index (χ4v) is 1.85. The van der Waals surface area contributed by atoms with Gasteiger partial charge in [-0.2, -0.15) is 0 Å². The Morgan fingerprint density at radius 3 is 3.00 bits per heavy atom. The molecule has 0 spiro atoms. The lowest BCUT2D eigenvalue weighted by molar-refractivity contribution is -0.480. The topological polar surface area (TPSA) is 72.2 Å². The first-order valence-corrected chi connectivity index (χ1v) is 5.18. The average Bonchev–Trinajstić information content (AvgIpc) is 2.56. The van der Waals surface area contributed by atoms with Gasteiger partial charge in [0.25, 0.3) is 0 Å². The summed E-state index contributed by atoms with van der Waals surface area (Å²) in [6, 6.07) is 5.72. The molecule has 0 fully saturated rings. The van der Waals surface area contributed by atoms with E-state index < -0.39 is 0 Å². The van der Waals surface area contributed by atoms with Gasteiger partial charge >= 0.3 is 0 Å². The lowest BCUT2D eigenvalue weighted by Gasteiger charge is -2.02. The molecule has 1 amide bonds. The fourth-order valence-electron chi connectivity index (χ4n) is 1.85. The SMILES string of the molecule is O=C1Cc2cc(CCC[N+](=O)[O-])ccc2N1. The summed E-state index contributed by atoms with van der Waals surface area (Å²) < 4.78 is 0. The van der Waals surface area contributed by atoms with E-state index in [-0.39, 0.29) is 17.4 Å². The number of amides is 1. The van der Waals surface area contributed by atoms with Crippen molar-refractivity contribution in [3.63, 3.8) is 0 Å². The molecule has 0 atom stereocenters. The summed E-state index contributed by atoms with van der Waals surface area (Å²) in [6.07, 6.45) is 1.63. The largest absolute Gasteiger partial charge is 0.326 e. The van der Waals surface area contributed by atoms with Crippen molar-refractivity contribution < 1.29 is 9.72 Å².